The lowest BCUT2D eigenvalue weighted by molar-refractivity contribution is -0.140. The molecule has 1 amide bonds. The van der Waals surface area contributed by atoms with E-state index in [9.17, 15) is 19.5 Å². The summed E-state index contributed by atoms with van der Waals surface area (Å²) in [6, 6.07) is 16.7. The number of fused-ring (bicyclic) bond motifs is 1. The number of aliphatic hydroxyl groups excluding tert-OH is 1. The Balaban J connectivity index is 1.57. The summed E-state index contributed by atoms with van der Waals surface area (Å²) >= 11 is 0. The molecule has 1 unspecified atom stereocenters. The highest BCUT2D eigenvalue weighted by Crippen LogP contribution is 2.41. The predicted octanol–water partition coefficient (Wildman–Crippen LogP) is 4.36. The molecule has 5 rings (SSSR count). The van der Waals surface area contributed by atoms with Gasteiger partial charge in [0.1, 0.15) is 5.76 Å². The number of ketones is 1. The molecular weight excluding hydrogens is 458 g/mol. The van der Waals surface area contributed by atoms with E-state index in [1.165, 1.54) is 4.90 Å². The first-order valence-corrected chi connectivity index (χ1v) is 11.5. The standard InChI is InChI=1S/C28H23N3O5/c1-2-36-28(35)19-9-7-17(8-10-19)16-31-24(18-11-13-29-14-12-18)23(26(33)27(31)34)25(32)21-15-30-22-6-4-3-5-20(21)22/h3-15,24,30,32H,2,16H2,1H3/b25-23-. The molecule has 0 bridgehead atoms. The van der Waals surface area contributed by atoms with Crippen molar-refractivity contribution < 1.29 is 24.2 Å². The number of pyridine rings is 1. The average molecular weight is 482 g/mol. The highest BCUT2D eigenvalue weighted by Gasteiger charge is 2.46. The SMILES string of the molecule is CCOC(=O)c1ccc(CN2C(=O)C(=O)/C(=C(\O)c3c[nH]c4ccccc34)C2c2ccncc2)cc1. The van der Waals surface area contributed by atoms with E-state index in [4.69, 9.17) is 4.74 Å². The van der Waals surface area contributed by atoms with Crippen molar-refractivity contribution in [3.63, 3.8) is 0 Å². The quantitative estimate of drug-likeness (QED) is 0.183. The van der Waals surface area contributed by atoms with Crippen LogP contribution in [0.4, 0.5) is 0 Å². The minimum absolute atomic E-state index is 0.0131. The van der Waals surface area contributed by atoms with Crippen LogP contribution in [-0.2, 0) is 20.9 Å². The van der Waals surface area contributed by atoms with E-state index in [0.717, 1.165) is 16.5 Å². The van der Waals surface area contributed by atoms with Gasteiger partial charge in [-0.05, 0) is 48.4 Å². The van der Waals surface area contributed by atoms with Gasteiger partial charge in [-0.1, -0.05) is 30.3 Å². The van der Waals surface area contributed by atoms with Crippen LogP contribution < -0.4 is 0 Å². The Morgan fingerprint density at radius 1 is 1.06 bits per heavy atom. The Morgan fingerprint density at radius 3 is 2.50 bits per heavy atom. The van der Waals surface area contributed by atoms with Gasteiger partial charge >= 0.3 is 5.97 Å². The molecule has 1 saturated heterocycles. The number of Topliss-reactive ketones (excluding diaryl/α,β-unsaturated/α-hetero) is 1. The maximum Gasteiger partial charge on any atom is 0.338 e. The molecule has 0 saturated carbocycles. The fraction of sp³-hybridized carbons (Fsp3) is 0.143. The number of hydrogen-bond acceptors (Lipinski definition) is 6. The second-order valence-corrected chi connectivity index (χ2v) is 8.37. The summed E-state index contributed by atoms with van der Waals surface area (Å²) in [5.74, 6) is -2.15. The zero-order valence-corrected chi connectivity index (χ0v) is 19.5. The van der Waals surface area contributed by atoms with Gasteiger partial charge in [-0.3, -0.25) is 14.6 Å². The molecule has 180 valence electrons. The largest absolute Gasteiger partial charge is 0.507 e. The number of H-pyrrole nitrogens is 1. The summed E-state index contributed by atoms with van der Waals surface area (Å²) in [6.45, 7) is 2.11. The number of aliphatic hydroxyl groups is 1. The van der Waals surface area contributed by atoms with Crippen LogP contribution in [-0.4, -0.2) is 44.2 Å². The third-order valence-corrected chi connectivity index (χ3v) is 6.22. The fourth-order valence-electron chi connectivity index (χ4n) is 4.51. The molecule has 4 aromatic rings. The summed E-state index contributed by atoms with van der Waals surface area (Å²) in [4.78, 5) is 47.1. The molecule has 8 nitrogen and oxygen atoms in total. The number of aromatic nitrogens is 2. The molecule has 2 aromatic heterocycles. The van der Waals surface area contributed by atoms with E-state index in [-0.39, 0.29) is 24.5 Å². The first kappa shape index (κ1) is 23.0. The first-order valence-electron chi connectivity index (χ1n) is 11.5. The van der Waals surface area contributed by atoms with E-state index < -0.39 is 23.7 Å². The van der Waals surface area contributed by atoms with Crippen LogP contribution in [0.2, 0.25) is 0 Å². The van der Waals surface area contributed by atoms with Crippen LogP contribution in [0.5, 0.6) is 0 Å². The van der Waals surface area contributed by atoms with Crippen molar-refractivity contribution in [1.82, 2.24) is 14.9 Å². The number of carbonyl (C=O) groups is 3. The number of hydrogen-bond donors (Lipinski definition) is 2. The highest BCUT2D eigenvalue weighted by molar-refractivity contribution is 6.46. The van der Waals surface area contributed by atoms with Gasteiger partial charge in [0.25, 0.3) is 11.7 Å². The maximum absolute atomic E-state index is 13.3. The molecule has 0 aliphatic carbocycles. The highest BCUT2D eigenvalue weighted by atomic mass is 16.5. The first-order chi connectivity index (χ1) is 17.5. The summed E-state index contributed by atoms with van der Waals surface area (Å²) in [5, 5.41) is 12.1. The number of likely N-dealkylation sites (tertiary alicyclic amines) is 1. The number of para-hydroxylation sites is 1. The number of aromatic amines is 1. The lowest BCUT2D eigenvalue weighted by atomic mass is 9.95. The number of benzene rings is 2. The number of rotatable bonds is 6. The number of carbonyl (C=O) groups excluding carboxylic acids is 3. The Hall–Kier alpha value is -4.72. The Morgan fingerprint density at radius 2 is 1.78 bits per heavy atom. The minimum atomic E-state index is -0.814. The van der Waals surface area contributed by atoms with Gasteiger partial charge in [-0.2, -0.15) is 0 Å². The van der Waals surface area contributed by atoms with E-state index in [1.807, 2.05) is 24.3 Å². The van der Waals surface area contributed by atoms with Gasteiger partial charge in [0.15, 0.2) is 0 Å². The molecule has 8 heteroatoms. The molecule has 1 fully saturated rings. The molecule has 3 heterocycles. The van der Waals surface area contributed by atoms with Crippen LogP contribution in [0.15, 0.2) is 84.8 Å². The molecule has 0 radical (unpaired) electrons. The molecule has 2 N–H and O–H groups in total. The van der Waals surface area contributed by atoms with E-state index in [2.05, 4.69) is 9.97 Å². The summed E-state index contributed by atoms with van der Waals surface area (Å²) in [5.41, 5.74) is 3.02. The topological polar surface area (TPSA) is 113 Å². The third-order valence-electron chi connectivity index (χ3n) is 6.22. The molecular formula is C28H23N3O5. The van der Waals surface area contributed by atoms with Gasteiger partial charge in [0.05, 0.1) is 23.8 Å². The minimum Gasteiger partial charge on any atom is -0.507 e. The number of amides is 1. The summed E-state index contributed by atoms with van der Waals surface area (Å²) in [6.07, 6.45) is 4.79. The fourth-order valence-corrected chi connectivity index (χ4v) is 4.51. The van der Waals surface area contributed by atoms with Crippen molar-refractivity contribution in [1.29, 1.82) is 0 Å². The van der Waals surface area contributed by atoms with Crippen molar-refractivity contribution >= 4 is 34.3 Å². The molecule has 36 heavy (non-hydrogen) atoms. The molecule has 1 atom stereocenters. The second kappa shape index (κ2) is 9.50. The number of esters is 1. The third kappa shape index (κ3) is 4.02. The summed E-state index contributed by atoms with van der Waals surface area (Å²) < 4.78 is 5.02. The average Bonchev–Trinajstić information content (AvgIpc) is 3.44. The number of nitrogens with one attached hydrogen (secondary N) is 1. The lowest BCUT2D eigenvalue weighted by Crippen LogP contribution is -2.29. The Bertz CT molecular complexity index is 1490. The molecule has 2 aromatic carbocycles. The van der Waals surface area contributed by atoms with Gasteiger partial charge in [-0.15, -0.1) is 0 Å². The van der Waals surface area contributed by atoms with Crippen molar-refractivity contribution in [3.8, 4) is 0 Å². The molecule has 0 spiro atoms. The Kier molecular flexibility index (Phi) is 6.08. The molecule has 1 aliphatic heterocycles. The van der Waals surface area contributed by atoms with Crippen molar-refractivity contribution in [2.24, 2.45) is 0 Å². The Labute approximate surface area is 206 Å². The van der Waals surface area contributed by atoms with Crippen molar-refractivity contribution in [3.05, 3.63) is 107 Å². The number of nitrogens with zero attached hydrogens (tertiary/aromatic N) is 2. The summed E-state index contributed by atoms with van der Waals surface area (Å²) in [7, 11) is 0. The van der Waals surface area contributed by atoms with Gasteiger partial charge in [0.2, 0.25) is 0 Å². The van der Waals surface area contributed by atoms with Gasteiger partial charge in [-0.25, -0.2) is 4.79 Å². The van der Waals surface area contributed by atoms with E-state index in [1.54, 1.807) is 61.9 Å². The van der Waals surface area contributed by atoms with E-state index in [0.29, 0.717) is 16.7 Å². The van der Waals surface area contributed by atoms with Crippen LogP contribution in [0.3, 0.4) is 0 Å². The zero-order chi connectivity index (χ0) is 25.2. The smallest absolute Gasteiger partial charge is 0.338 e. The monoisotopic (exact) mass is 481 g/mol. The van der Waals surface area contributed by atoms with E-state index >= 15 is 0 Å². The molecule has 1 aliphatic rings. The maximum atomic E-state index is 13.3. The second-order valence-electron chi connectivity index (χ2n) is 8.37. The predicted molar refractivity (Wildman–Crippen MR) is 133 cm³/mol. The van der Waals surface area contributed by atoms with Gasteiger partial charge < -0.3 is 19.7 Å². The van der Waals surface area contributed by atoms with Crippen LogP contribution in [0, 0.1) is 0 Å². The zero-order valence-electron chi connectivity index (χ0n) is 19.5. The van der Waals surface area contributed by atoms with Crippen LogP contribution in [0.1, 0.15) is 40.0 Å². The van der Waals surface area contributed by atoms with Crippen LogP contribution in [0.25, 0.3) is 16.7 Å². The van der Waals surface area contributed by atoms with Crippen molar-refractivity contribution in [2.45, 2.75) is 19.5 Å². The lowest BCUT2D eigenvalue weighted by Gasteiger charge is -2.25. The van der Waals surface area contributed by atoms with Gasteiger partial charge in [0, 0.05) is 41.6 Å². The number of ether oxygens (including phenoxy) is 1. The van der Waals surface area contributed by atoms with Crippen LogP contribution >= 0.6 is 0 Å². The van der Waals surface area contributed by atoms with Crippen molar-refractivity contribution in [2.75, 3.05) is 6.61 Å². The normalized spacial score (nSPS) is 17.0.